The predicted molar refractivity (Wildman–Crippen MR) is 77.6 cm³/mol. The third kappa shape index (κ3) is 2.90. The van der Waals surface area contributed by atoms with E-state index in [0.29, 0.717) is 17.4 Å². The van der Waals surface area contributed by atoms with E-state index >= 15 is 0 Å². The number of pyridine rings is 1. The largest absolute Gasteiger partial charge is 0.357 e. The Kier molecular flexibility index (Phi) is 4.53. The summed E-state index contributed by atoms with van der Waals surface area (Å²) in [5.41, 5.74) is -0.0878. The standard InChI is InChI=1S/C12H15BrN4O3/c1-14-12(18)9-4-2-3-5-16(9)11-10(17(19)20)6-8(13)7-15-11/h6-7,9H,2-5H2,1H3,(H,14,18). The molecule has 20 heavy (non-hydrogen) atoms. The van der Waals surface area contributed by atoms with Crippen LogP contribution in [0.2, 0.25) is 0 Å². The van der Waals surface area contributed by atoms with Crippen molar-refractivity contribution < 1.29 is 9.72 Å². The van der Waals surface area contributed by atoms with Crippen LogP contribution in [-0.4, -0.2) is 35.4 Å². The second kappa shape index (κ2) is 6.17. The molecule has 0 spiro atoms. The number of carbonyl (C=O) groups excluding carboxylic acids is 1. The summed E-state index contributed by atoms with van der Waals surface area (Å²) in [5, 5.41) is 13.8. The number of likely N-dealkylation sites (N-methyl/N-ethyl adjacent to an activating group) is 1. The number of nitrogens with one attached hydrogen (secondary N) is 1. The molecule has 0 aliphatic carbocycles. The van der Waals surface area contributed by atoms with Gasteiger partial charge in [-0.1, -0.05) is 0 Å². The zero-order valence-corrected chi connectivity index (χ0v) is 12.6. The molecule has 2 rings (SSSR count). The first-order valence-corrected chi connectivity index (χ1v) is 7.12. The third-order valence-corrected chi connectivity index (χ3v) is 3.77. The van der Waals surface area contributed by atoms with Crippen molar-refractivity contribution in [1.29, 1.82) is 0 Å². The first-order valence-electron chi connectivity index (χ1n) is 6.32. The van der Waals surface area contributed by atoms with Crippen molar-refractivity contribution in [3.05, 3.63) is 26.9 Å². The van der Waals surface area contributed by atoms with Gasteiger partial charge < -0.3 is 10.2 Å². The summed E-state index contributed by atoms with van der Waals surface area (Å²) in [5.74, 6) is 0.121. The summed E-state index contributed by atoms with van der Waals surface area (Å²) in [7, 11) is 1.57. The van der Waals surface area contributed by atoms with Crippen LogP contribution in [0.5, 0.6) is 0 Å². The van der Waals surface area contributed by atoms with Crippen molar-refractivity contribution in [2.45, 2.75) is 25.3 Å². The molecule has 1 atom stereocenters. The number of carbonyl (C=O) groups is 1. The topological polar surface area (TPSA) is 88.4 Å². The monoisotopic (exact) mass is 342 g/mol. The number of halogens is 1. The lowest BCUT2D eigenvalue weighted by Crippen LogP contribution is -2.49. The quantitative estimate of drug-likeness (QED) is 0.668. The van der Waals surface area contributed by atoms with Crippen LogP contribution in [0.15, 0.2) is 16.7 Å². The van der Waals surface area contributed by atoms with E-state index in [1.165, 1.54) is 12.3 Å². The fraction of sp³-hybridized carbons (Fsp3) is 0.500. The maximum absolute atomic E-state index is 11.9. The van der Waals surface area contributed by atoms with E-state index in [0.717, 1.165) is 12.8 Å². The maximum Gasteiger partial charge on any atom is 0.312 e. The van der Waals surface area contributed by atoms with Crippen LogP contribution in [0, 0.1) is 10.1 Å². The third-order valence-electron chi connectivity index (χ3n) is 3.33. The number of hydrogen-bond donors (Lipinski definition) is 1. The molecule has 2 heterocycles. The van der Waals surface area contributed by atoms with Crippen molar-refractivity contribution in [2.75, 3.05) is 18.5 Å². The molecule has 0 radical (unpaired) electrons. The average molecular weight is 343 g/mol. The second-order valence-electron chi connectivity index (χ2n) is 4.57. The van der Waals surface area contributed by atoms with Gasteiger partial charge in [-0.15, -0.1) is 0 Å². The van der Waals surface area contributed by atoms with Crippen LogP contribution in [0.25, 0.3) is 0 Å². The Morgan fingerprint density at radius 3 is 3.00 bits per heavy atom. The number of nitro groups is 1. The van der Waals surface area contributed by atoms with Gasteiger partial charge in [0, 0.05) is 30.3 Å². The zero-order valence-electron chi connectivity index (χ0n) is 11.0. The number of rotatable bonds is 3. The van der Waals surface area contributed by atoms with E-state index in [4.69, 9.17) is 0 Å². The molecule has 1 N–H and O–H groups in total. The lowest BCUT2D eigenvalue weighted by Gasteiger charge is -2.34. The van der Waals surface area contributed by atoms with Gasteiger partial charge in [-0.25, -0.2) is 4.98 Å². The highest BCUT2D eigenvalue weighted by atomic mass is 79.9. The molecule has 1 amide bonds. The van der Waals surface area contributed by atoms with Gasteiger partial charge in [0.2, 0.25) is 11.7 Å². The van der Waals surface area contributed by atoms with E-state index in [2.05, 4.69) is 26.2 Å². The smallest absolute Gasteiger partial charge is 0.312 e. The molecular formula is C12H15BrN4O3. The van der Waals surface area contributed by atoms with Crippen LogP contribution in [0.3, 0.4) is 0 Å². The van der Waals surface area contributed by atoms with Gasteiger partial charge >= 0.3 is 5.69 Å². The fourth-order valence-corrected chi connectivity index (χ4v) is 2.72. The molecule has 1 fully saturated rings. The minimum Gasteiger partial charge on any atom is -0.357 e. The molecule has 1 saturated heterocycles. The molecule has 108 valence electrons. The molecular weight excluding hydrogens is 328 g/mol. The van der Waals surface area contributed by atoms with Crippen molar-refractivity contribution >= 4 is 33.3 Å². The second-order valence-corrected chi connectivity index (χ2v) is 5.49. The summed E-state index contributed by atoms with van der Waals surface area (Å²) >= 11 is 3.18. The number of nitrogens with zero attached hydrogens (tertiary/aromatic N) is 3. The summed E-state index contributed by atoms with van der Waals surface area (Å²) in [4.78, 5) is 28.5. The van der Waals surface area contributed by atoms with Crippen LogP contribution < -0.4 is 10.2 Å². The first kappa shape index (κ1) is 14.7. The average Bonchev–Trinajstić information content (AvgIpc) is 2.46. The van der Waals surface area contributed by atoms with Crippen molar-refractivity contribution in [2.24, 2.45) is 0 Å². The highest BCUT2D eigenvalue weighted by Gasteiger charge is 2.33. The zero-order chi connectivity index (χ0) is 14.7. The molecule has 0 bridgehead atoms. The number of aromatic nitrogens is 1. The van der Waals surface area contributed by atoms with Gasteiger partial charge in [-0.05, 0) is 35.2 Å². The molecule has 1 aliphatic heterocycles. The summed E-state index contributed by atoms with van der Waals surface area (Å²) in [6, 6.07) is 1.01. The Morgan fingerprint density at radius 2 is 2.35 bits per heavy atom. The van der Waals surface area contributed by atoms with Crippen LogP contribution in [0.1, 0.15) is 19.3 Å². The van der Waals surface area contributed by atoms with Crippen LogP contribution in [-0.2, 0) is 4.79 Å². The molecule has 8 heteroatoms. The summed E-state index contributed by atoms with van der Waals surface area (Å²) in [6.07, 6.45) is 4.01. The summed E-state index contributed by atoms with van der Waals surface area (Å²) in [6.45, 7) is 0.591. The highest BCUT2D eigenvalue weighted by molar-refractivity contribution is 9.10. The van der Waals surface area contributed by atoms with E-state index in [1.54, 1.807) is 11.9 Å². The first-order chi connectivity index (χ1) is 9.54. The number of piperidine rings is 1. The van der Waals surface area contributed by atoms with Crippen molar-refractivity contribution in [3.8, 4) is 0 Å². The lowest BCUT2D eigenvalue weighted by atomic mass is 10.0. The van der Waals surface area contributed by atoms with Crippen LogP contribution in [0.4, 0.5) is 11.5 Å². The number of amides is 1. The van der Waals surface area contributed by atoms with Crippen molar-refractivity contribution in [3.63, 3.8) is 0 Å². The van der Waals surface area contributed by atoms with Gasteiger partial charge in [0.25, 0.3) is 0 Å². The van der Waals surface area contributed by atoms with Crippen LogP contribution >= 0.6 is 15.9 Å². The fourth-order valence-electron chi connectivity index (χ4n) is 2.40. The minimum atomic E-state index is -0.470. The van der Waals surface area contributed by atoms with Gasteiger partial charge in [0.05, 0.1) is 4.92 Å². The maximum atomic E-state index is 11.9. The highest BCUT2D eigenvalue weighted by Crippen LogP contribution is 2.32. The SMILES string of the molecule is CNC(=O)C1CCCCN1c1ncc(Br)cc1[N+](=O)[O-]. The molecule has 0 aromatic carbocycles. The normalized spacial score (nSPS) is 18.7. The van der Waals surface area contributed by atoms with Gasteiger partial charge in [0.1, 0.15) is 6.04 Å². The molecule has 1 aromatic rings. The van der Waals surface area contributed by atoms with E-state index in [-0.39, 0.29) is 17.4 Å². The Morgan fingerprint density at radius 1 is 1.60 bits per heavy atom. The lowest BCUT2D eigenvalue weighted by molar-refractivity contribution is -0.384. The van der Waals surface area contributed by atoms with E-state index in [9.17, 15) is 14.9 Å². The Labute approximate surface area is 124 Å². The summed E-state index contributed by atoms with van der Waals surface area (Å²) < 4.78 is 0.543. The molecule has 1 unspecified atom stereocenters. The molecule has 1 aliphatic rings. The Hall–Kier alpha value is -1.70. The van der Waals surface area contributed by atoms with Crippen molar-refractivity contribution in [1.82, 2.24) is 10.3 Å². The van der Waals surface area contributed by atoms with E-state index in [1.807, 2.05) is 0 Å². The Balaban J connectivity index is 2.42. The van der Waals surface area contributed by atoms with Gasteiger partial charge in [0.15, 0.2) is 0 Å². The Bertz CT molecular complexity index is 537. The van der Waals surface area contributed by atoms with Gasteiger partial charge in [-0.3, -0.25) is 14.9 Å². The number of hydrogen-bond acceptors (Lipinski definition) is 5. The molecule has 0 saturated carbocycles. The molecule has 7 nitrogen and oxygen atoms in total. The minimum absolute atomic E-state index is 0.0878. The molecule has 1 aromatic heterocycles. The van der Waals surface area contributed by atoms with E-state index < -0.39 is 11.0 Å². The van der Waals surface area contributed by atoms with Gasteiger partial charge in [-0.2, -0.15) is 0 Å². The predicted octanol–water partition coefficient (Wildman–Crippen LogP) is 1.86. The number of anilines is 1.